The third-order valence-corrected chi connectivity index (χ3v) is 4.54. The van der Waals surface area contributed by atoms with Gasteiger partial charge in [-0.25, -0.2) is 0 Å². The number of carbonyl (C=O) groups is 1. The summed E-state index contributed by atoms with van der Waals surface area (Å²) in [6.07, 6.45) is 3.74. The Morgan fingerprint density at radius 3 is 2.81 bits per heavy atom. The van der Waals surface area contributed by atoms with Gasteiger partial charge in [0.05, 0.1) is 26.0 Å². The van der Waals surface area contributed by atoms with Gasteiger partial charge in [0.25, 0.3) is 5.91 Å². The molecule has 1 aromatic heterocycles. The first-order valence-corrected chi connectivity index (χ1v) is 8.54. The van der Waals surface area contributed by atoms with Gasteiger partial charge in [-0.15, -0.1) is 0 Å². The van der Waals surface area contributed by atoms with Crippen LogP contribution in [0.25, 0.3) is 10.8 Å². The molecule has 4 rings (SSSR count). The van der Waals surface area contributed by atoms with Gasteiger partial charge in [0.15, 0.2) is 0 Å². The van der Waals surface area contributed by atoms with Crippen molar-refractivity contribution in [1.82, 2.24) is 14.9 Å². The third kappa shape index (κ3) is 3.18. The summed E-state index contributed by atoms with van der Waals surface area (Å²) in [7, 11) is 1.54. The van der Waals surface area contributed by atoms with Gasteiger partial charge in [0.2, 0.25) is 11.8 Å². The number of benzene rings is 2. The van der Waals surface area contributed by atoms with E-state index in [4.69, 9.17) is 9.47 Å². The molecular weight excluding hydrogens is 330 g/mol. The molecule has 0 aliphatic carbocycles. The molecule has 0 radical (unpaired) electrons. The van der Waals surface area contributed by atoms with E-state index in [0.717, 1.165) is 22.8 Å². The molecule has 0 saturated carbocycles. The van der Waals surface area contributed by atoms with Gasteiger partial charge < -0.3 is 14.4 Å². The smallest absolute Gasteiger partial charge is 0.254 e. The second-order valence-electron chi connectivity index (χ2n) is 6.21. The van der Waals surface area contributed by atoms with Gasteiger partial charge in [-0.2, -0.15) is 4.98 Å². The first kappa shape index (κ1) is 16.3. The lowest BCUT2D eigenvalue weighted by Gasteiger charge is -2.18. The summed E-state index contributed by atoms with van der Waals surface area (Å²) in [4.78, 5) is 23.1. The molecule has 1 amide bonds. The van der Waals surface area contributed by atoms with E-state index >= 15 is 0 Å². The molecule has 2 aromatic carbocycles. The van der Waals surface area contributed by atoms with E-state index in [-0.39, 0.29) is 12.0 Å². The maximum atomic E-state index is 13.0. The number of likely N-dealkylation sites (tertiary alicyclic amines) is 1. The van der Waals surface area contributed by atoms with Gasteiger partial charge in [-0.1, -0.05) is 36.4 Å². The maximum Gasteiger partial charge on any atom is 0.254 e. The van der Waals surface area contributed by atoms with Crippen molar-refractivity contribution in [2.45, 2.75) is 12.5 Å². The minimum Gasteiger partial charge on any atom is -0.480 e. The molecule has 1 aliphatic rings. The molecule has 6 nitrogen and oxygen atoms in total. The van der Waals surface area contributed by atoms with Gasteiger partial charge >= 0.3 is 0 Å². The van der Waals surface area contributed by atoms with Crippen LogP contribution in [0.15, 0.2) is 54.9 Å². The normalized spacial score (nSPS) is 16.7. The second kappa shape index (κ2) is 7.00. The van der Waals surface area contributed by atoms with E-state index < -0.39 is 0 Å². The zero-order chi connectivity index (χ0) is 17.9. The number of hydrogen-bond donors (Lipinski definition) is 0. The first-order chi connectivity index (χ1) is 12.7. The molecular formula is C20H19N3O3. The summed E-state index contributed by atoms with van der Waals surface area (Å²) in [6, 6.07) is 13.8. The molecule has 26 heavy (non-hydrogen) atoms. The van der Waals surface area contributed by atoms with Crippen LogP contribution in [0.3, 0.4) is 0 Å². The number of carbonyl (C=O) groups excluding carboxylic acids is 1. The molecule has 1 fully saturated rings. The quantitative estimate of drug-likeness (QED) is 0.725. The molecule has 0 N–H and O–H groups in total. The van der Waals surface area contributed by atoms with E-state index in [2.05, 4.69) is 9.97 Å². The average Bonchev–Trinajstić information content (AvgIpc) is 3.15. The van der Waals surface area contributed by atoms with E-state index in [9.17, 15) is 4.79 Å². The molecule has 3 aromatic rings. The lowest BCUT2D eigenvalue weighted by molar-refractivity contribution is 0.0773. The van der Waals surface area contributed by atoms with Crippen LogP contribution < -0.4 is 9.47 Å². The Balaban J connectivity index is 1.48. The lowest BCUT2D eigenvalue weighted by atomic mass is 10.0. The highest BCUT2D eigenvalue weighted by molar-refractivity contribution is 6.07. The second-order valence-corrected chi connectivity index (χ2v) is 6.21. The number of nitrogens with zero attached hydrogens (tertiary/aromatic N) is 3. The summed E-state index contributed by atoms with van der Waals surface area (Å²) < 4.78 is 10.9. The van der Waals surface area contributed by atoms with Gasteiger partial charge in [-0.3, -0.25) is 9.78 Å². The largest absolute Gasteiger partial charge is 0.480 e. The van der Waals surface area contributed by atoms with Gasteiger partial charge in [-0.05, 0) is 16.8 Å². The molecule has 1 unspecified atom stereocenters. The summed E-state index contributed by atoms with van der Waals surface area (Å²) in [5.74, 6) is 0.850. The fourth-order valence-corrected chi connectivity index (χ4v) is 3.25. The zero-order valence-electron chi connectivity index (χ0n) is 14.5. The topological polar surface area (TPSA) is 64.6 Å². The van der Waals surface area contributed by atoms with Crippen molar-refractivity contribution in [2.75, 3.05) is 20.2 Å². The van der Waals surface area contributed by atoms with Crippen LogP contribution in [0, 0.1) is 0 Å². The SMILES string of the molecule is COc1cncc(OC2CCN(C(=O)c3cccc4ccccc34)C2)n1. The van der Waals surface area contributed by atoms with Crippen LogP contribution >= 0.6 is 0 Å². The van der Waals surface area contributed by atoms with Crippen molar-refractivity contribution in [3.05, 3.63) is 60.4 Å². The van der Waals surface area contributed by atoms with Crippen LogP contribution in [0.1, 0.15) is 16.8 Å². The predicted molar refractivity (Wildman–Crippen MR) is 97.5 cm³/mol. The number of ether oxygens (including phenoxy) is 2. The molecule has 0 bridgehead atoms. The summed E-state index contributed by atoms with van der Waals surface area (Å²) in [5, 5.41) is 2.04. The number of methoxy groups -OCH3 is 1. The van der Waals surface area contributed by atoms with E-state index in [1.165, 1.54) is 13.3 Å². The first-order valence-electron chi connectivity index (χ1n) is 8.54. The van der Waals surface area contributed by atoms with E-state index in [0.29, 0.717) is 24.8 Å². The zero-order valence-corrected chi connectivity index (χ0v) is 14.5. The Morgan fingerprint density at radius 2 is 1.92 bits per heavy atom. The minimum atomic E-state index is -0.102. The molecule has 1 saturated heterocycles. The number of aromatic nitrogens is 2. The molecule has 2 heterocycles. The highest BCUT2D eigenvalue weighted by atomic mass is 16.5. The molecule has 6 heteroatoms. The maximum absolute atomic E-state index is 13.0. The number of fused-ring (bicyclic) bond motifs is 1. The van der Waals surface area contributed by atoms with Crippen molar-refractivity contribution in [3.63, 3.8) is 0 Å². The van der Waals surface area contributed by atoms with Gasteiger partial charge in [0, 0.05) is 18.5 Å². The highest BCUT2D eigenvalue weighted by Crippen LogP contribution is 2.23. The molecule has 1 aliphatic heterocycles. The van der Waals surface area contributed by atoms with Crippen molar-refractivity contribution < 1.29 is 14.3 Å². The number of amides is 1. The summed E-state index contributed by atoms with van der Waals surface area (Å²) in [6.45, 7) is 1.19. The summed E-state index contributed by atoms with van der Waals surface area (Å²) >= 11 is 0. The standard InChI is InChI=1S/C20H19N3O3/c1-25-18-11-21-12-19(22-18)26-15-9-10-23(13-15)20(24)17-8-4-6-14-5-2-3-7-16(14)17/h2-8,11-12,15H,9-10,13H2,1H3. The third-order valence-electron chi connectivity index (χ3n) is 4.54. The van der Waals surface area contributed by atoms with Crippen molar-refractivity contribution in [2.24, 2.45) is 0 Å². The predicted octanol–water partition coefficient (Wildman–Crippen LogP) is 2.93. The fourth-order valence-electron chi connectivity index (χ4n) is 3.25. The fraction of sp³-hybridized carbons (Fsp3) is 0.250. The molecule has 1 atom stereocenters. The summed E-state index contributed by atoms with van der Waals surface area (Å²) in [5.41, 5.74) is 0.727. The van der Waals surface area contributed by atoms with E-state index in [1.54, 1.807) is 6.20 Å². The van der Waals surface area contributed by atoms with Crippen LogP contribution in [0.5, 0.6) is 11.8 Å². The minimum absolute atomic E-state index is 0.0321. The Morgan fingerprint density at radius 1 is 1.12 bits per heavy atom. The Labute approximate surface area is 151 Å². The highest BCUT2D eigenvalue weighted by Gasteiger charge is 2.29. The van der Waals surface area contributed by atoms with Crippen molar-refractivity contribution in [3.8, 4) is 11.8 Å². The van der Waals surface area contributed by atoms with Crippen LogP contribution in [-0.2, 0) is 0 Å². The van der Waals surface area contributed by atoms with Crippen LogP contribution in [0.4, 0.5) is 0 Å². The Hall–Kier alpha value is -3.15. The average molecular weight is 349 g/mol. The van der Waals surface area contributed by atoms with Crippen molar-refractivity contribution >= 4 is 16.7 Å². The Kier molecular flexibility index (Phi) is 4.39. The van der Waals surface area contributed by atoms with Crippen LogP contribution in [0.2, 0.25) is 0 Å². The van der Waals surface area contributed by atoms with Gasteiger partial charge in [0.1, 0.15) is 6.10 Å². The monoisotopic (exact) mass is 349 g/mol. The van der Waals surface area contributed by atoms with E-state index in [1.807, 2.05) is 47.4 Å². The van der Waals surface area contributed by atoms with Crippen LogP contribution in [-0.4, -0.2) is 47.1 Å². The number of hydrogen-bond acceptors (Lipinski definition) is 5. The molecule has 132 valence electrons. The number of rotatable bonds is 4. The lowest BCUT2D eigenvalue weighted by Crippen LogP contribution is -2.31. The molecule has 0 spiro atoms. The Bertz CT molecular complexity index is 939. The van der Waals surface area contributed by atoms with Crippen molar-refractivity contribution in [1.29, 1.82) is 0 Å².